The lowest BCUT2D eigenvalue weighted by atomic mass is 10.0. The fourth-order valence-corrected chi connectivity index (χ4v) is 2.53. The molecule has 1 amide bonds. The van der Waals surface area contributed by atoms with E-state index >= 15 is 0 Å². The summed E-state index contributed by atoms with van der Waals surface area (Å²) < 4.78 is 49.0. The van der Waals surface area contributed by atoms with Gasteiger partial charge in [-0.25, -0.2) is 4.79 Å². The molecule has 0 aliphatic carbocycles. The lowest BCUT2D eigenvalue weighted by Gasteiger charge is -2.23. The molecule has 2 atom stereocenters. The van der Waals surface area contributed by atoms with Crippen molar-refractivity contribution < 1.29 is 37.3 Å². The summed E-state index contributed by atoms with van der Waals surface area (Å²) in [6.07, 6.45) is -6.32. The zero-order chi connectivity index (χ0) is 20.9. The van der Waals surface area contributed by atoms with Crippen molar-refractivity contribution in [2.45, 2.75) is 18.3 Å². The third kappa shape index (κ3) is 4.80. The van der Waals surface area contributed by atoms with Crippen molar-refractivity contribution in [2.75, 3.05) is 14.2 Å². The lowest BCUT2D eigenvalue weighted by molar-refractivity contribution is -0.146. The number of hydrogen-bond acceptors (Lipinski definition) is 5. The zero-order valence-electron chi connectivity index (χ0n) is 15.0. The van der Waals surface area contributed by atoms with Gasteiger partial charge in [0, 0.05) is 0 Å². The number of aliphatic hydroxyl groups excluding tert-OH is 1. The predicted octanol–water partition coefficient (Wildman–Crippen LogP) is 2.72. The number of esters is 1. The van der Waals surface area contributed by atoms with Crippen molar-refractivity contribution in [1.82, 2.24) is 5.32 Å². The van der Waals surface area contributed by atoms with E-state index in [-0.39, 0.29) is 5.56 Å². The van der Waals surface area contributed by atoms with E-state index in [0.29, 0.717) is 5.75 Å². The maximum absolute atomic E-state index is 13.1. The van der Waals surface area contributed by atoms with Crippen LogP contribution in [0.25, 0.3) is 0 Å². The second-order valence-corrected chi connectivity index (χ2v) is 5.74. The molecule has 2 aromatic carbocycles. The van der Waals surface area contributed by atoms with Gasteiger partial charge in [-0.2, -0.15) is 13.2 Å². The van der Waals surface area contributed by atoms with Gasteiger partial charge in [0.15, 0.2) is 6.04 Å². The third-order valence-electron chi connectivity index (χ3n) is 3.99. The van der Waals surface area contributed by atoms with Crippen molar-refractivity contribution in [3.63, 3.8) is 0 Å². The molecule has 0 bridgehead atoms. The molecular weight excluding hydrogens is 379 g/mol. The molecule has 2 N–H and O–H groups in total. The van der Waals surface area contributed by atoms with Gasteiger partial charge < -0.3 is 19.9 Å². The van der Waals surface area contributed by atoms with Gasteiger partial charge in [0.1, 0.15) is 11.9 Å². The third-order valence-corrected chi connectivity index (χ3v) is 3.99. The molecule has 28 heavy (non-hydrogen) atoms. The number of carbonyl (C=O) groups is 2. The fraction of sp³-hybridized carbons (Fsp3) is 0.263. The Bertz CT molecular complexity index is 836. The standard InChI is InChI=1S/C19H18F3NO5/c1-27-12-9-7-11(8-10-12)16(24)15(18(26)28-2)23-17(25)13-5-3-4-6-14(13)19(20,21)22/h3-10,15-16,24H,1-2H3,(H,23,25). The predicted molar refractivity (Wildman–Crippen MR) is 92.7 cm³/mol. The lowest BCUT2D eigenvalue weighted by Crippen LogP contribution is -2.46. The summed E-state index contributed by atoms with van der Waals surface area (Å²) in [7, 11) is 2.48. The summed E-state index contributed by atoms with van der Waals surface area (Å²) in [4.78, 5) is 24.5. The average molecular weight is 397 g/mol. The van der Waals surface area contributed by atoms with Crippen molar-refractivity contribution in [2.24, 2.45) is 0 Å². The van der Waals surface area contributed by atoms with Crippen molar-refractivity contribution >= 4 is 11.9 Å². The Morgan fingerprint density at radius 2 is 1.64 bits per heavy atom. The minimum atomic E-state index is -4.76. The maximum Gasteiger partial charge on any atom is 0.417 e. The van der Waals surface area contributed by atoms with Crippen LogP contribution in [0.1, 0.15) is 27.6 Å². The van der Waals surface area contributed by atoms with Crippen LogP contribution in [-0.2, 0) is 15.7 Å². The van der Waals surface area contributed by atoms with Crippen LogP contribution in [0.4, 0.5) is 13.2 Å². The smallest absolute Gasteiger partial charge is 0.417 e. The van der Waals surface area contributed by atoms with Gasteiger partial charge in [0.25, 0.3) is 5.91 Å². The van der Waals surface area contributed by atoms with Gasteiger partial charge >= 0.3 is 12.1 Å². The van der Waals surface area contributed by atoms with Gasteiger partial charge in [-0.05, 0) is 29.8 Å². The van der Waals surface area contributed by atoms with Crippen molar-refractivity contribution in [3.05, 3.63) is 65.2 Å². The van der Waals surface area contributed by atoms with E-state index < -0.39 is 41.3 Å². The first-order valence-corrected chi connectivity index (χ1v) is 8.06. The van der Waals surface area contributed by atoms with Crippen LogP contribution in [-0.4, -0.2) is 37.2 Å². The number of nitrogens with one attached hydrogen (secondary N) is 1. The molecule has 0 aromatic heterocycles. The van der Waals surface area contributed by atoms with Gasteiger partial charge in [0.2, 0.25) is 0 Å². The zero-order valence-corrected chi connectivity index (χ0v) is 15.0. The van der Waals surface area contributed by atoms with Crippen LogP contribution in [0, 0.1) is 0 Å². The van der Waals surface area contributed by atoms with E-state index in [9.17, 15) is 27.9 Å². The number of ether oxygens (including phenoxy) is 2. The van der Waals surface area contributed by atoms with Gasteiger partial charge in [-0.1, -0.05) is 24.3 Å². The van der Waals surface area contributed by atoms with Crippen LogP contribution >= 0.6 is 0 Å². The Hall–Kier alpha value is -3.07. The monoisotopic (exact) mass is 397 g/mol. The molecule has 150 valence electrons. The second kappa shape index (κ2) is 8.75. The van der Waals surface area contributed by atoms with Gasteiger partial charge in [-0.3, -0.25) is 4.79 Å². The Morgan fingerprint density at radius 1 is 1.04 bits per heavy atom. The minimum Gasteiger partial charge on any atom is -0.497 e. The molecular formula is C19H18F3NO5. The SMILES string of the molecule is COC(=O)C(NC(=O)c1ccccc1C(F)(F)F)C(O)c1ccc(OC)cc1. The molecule has 0 spiro atoms. The highest BCUT2D eigenvalue weighted by Crippen LogP contribution is 2.32. The second-order valence-electron chi connectivity index (χ2n) is 5.74. The number of aliphatic hydroxyl groups is 1. The molecule has 2 rings (SSSR count). The minimum absolute atomic E-state index is 0.237. The Kier molecular flexibility index (Phi) is 6.63. The van der Waals surface area contributed by atoms with E-state index in [0.717, 1.165) is 25.3 Å². The fourth-order valence-electron chi connectivity index (χ4n) is 2.53. The Labute approximate surface area is 158 Å². The van der Waals surface area contributed by atoms with Gasteiger partial charge in [-0.15, -0.1) is 0 Å². The molecule has 0 saturated carbocycles. The summed E-state index contributed by atoms with van der Waals surface area (Å²) in [5.74, 6) is -1.69. The highest BCUT2D eigenvalue weighted by atomic mass is 19.4. The summed E-state index contributed by atoms with van der Waals surface area (Å²) in [6, 6.07) is 8.47. The topological polar surface area (TPSA) is 84.9 Å². The van der Waals surface area contributed by atoms with E-state index in [1.54, 1.807) is 0 Å². The van der Waals surface area contributed by atoms with E-state index in [1.165, 1.54) is 37.4 Å². The van der Waals surface area contributed by atoms with E-state index in [4.69, 9.17) is 4.74 Å². The molecule has 2 aromatic rings. The first-order chi connectivity index (χ1) is 13.2. The molecule has 9 heteroatoms. The summed E-state index contributed by atoms with van der Waals surface area (Å²) in [6.45, 7) is 0. The number of methoxy groups -OCH3 is 2. The molecule has 0 heterocycles. The Balaban J connectivity index is 2.32. The number of hydrogen-bond donors (Lipinski definition) is 2. The molecule has 6 nitrogen and oxygen atoms in total. The summed E-state index contributed by atoms with van der Waals surface area (Å²) in [5, 5.41) is 12.6. The molecule has 0 aliphatic rings. The van der Waals surface area contributed by atoms with Crippen molar-refractivity contribution in [1.29, 1.82) is 0 Å². The number of benzene rings is 2. The van der Waals surface area contributed by atoms with Crippen LogP contribution in [0.15, 0.2) is 48.5 Å². The average Bonchev–Trinajstić information content (AvgIpc) is 2.70. The number of rotatable bonds is 6. The van der Waals surface area contributed by atoms with Gasteiger partial charge in [0.05, 0.1) is 25.3 Å². The Morgan fingerprint density at radius 3 is 2.18 bits per heavy atom. The van der Waals surface area contributed by atoms with E-state index in [1.807, 2.05) is 0 Å². The molecule has 0 aliphatic heterocycles. The normalized spacial score (nSPS) is 13.4. The number of alkyl halides is 3. The number of amides is 1. The van der Waals surface area contributed by atoms with Crippen LogP contribution < -0.4 is 10.1 Å². The van der Waals surface area contributed by atoms with E-state index in [2.05, 4.69) is 10.1 Å². The molecule has 0 radical (unpaired) electrons. The van der Waals surface area contributed by atoms with Crippen LogP contribution in [0.3, 0.4) is 0 Å². The highest BCUT2D eigenvalue weighted by Gasteiger charge is 2.37. The van der Waals surface area contributed by atoms with Crippen LogP contribution in [0.5, 0.6) is 5.75 Å². The molecule has 2 unspecified atom stereocenters. The quantitative estimate of drug-likeness (QED) is 0.733. The van der Waals surface area contributed by atoms with Crippen LogP contribution in [0.2, 0.25) is 0 Å². The first-order valence-electron chi connectivity index (χ1n) is 8.06. The maximum atomic E-state index is 13.1. The number of carbonyl (C=O) groups excluding carboxylic acids is 2. The highest BCUT2D eigenvalue weighted by molar-refractivity contribution is 5.98. The first kappa shape index (κ1) is 21.2. The van der Waals surface area contributed by atoms with Crippen molar-refractivity contribution in [3.8, 4) is 5.75 Å². The summed E-state index contributed by atoms with van der Waals surface area (Å²) in [5.41, 5.74) is -1.60. The molecule has 0 saturated heterocycles. The summed E-state index contributed by atoms with van der Waals surface area (Å²) >= 11 is 0. The number of halogens is 3. The largest absolute Gasteiger partial charge is 0.497 e. The molecule has 0 fully saturated rings.